The van der Waals surface area contributed by atoms with Crippen molar-refractivity contribution in [1.29, 1.82) is 0 Å². The number of carbonyl (C=O) groups excluding carboxylic acids is 5. The Balaban J connectivity index is 1.01. The van der Waals surface area contributed by atoms with Gasteiger partial charge in [-0.1, -0.05) is 36.4 Å². The third-order valence-corrected chi connectivity index (χ3v) is 10.8. The lowest BCUT2D eigenvalue weighted by Crippen LogP contribution is -2.43. The molecular formula is C47H53N5O8. The van der Waals surface area contributed by atoms with Crippen LogP contribution in [0.25, 0.3) is 0 Å². The molecule has 0 aromatic heterocycles. The van der Waals surface area contributed by atoms with Gasteiger partial charge in [-0.05, 0) is 119 Å². The maximum atomic E-state index is 13.8. The number of hydrogen-bond donors (Lipinski definition) is 1. The normalized spacial score (nSPS) is 14.1. The number of unbranched alkanes of at least 4 members (excludes halogenated alkanes) is 1. The molecule has 0 bridgehead atoms. The number of imide groups is 1. The van der Waals surface area contributed by atoms with Crippen LogP contribution in [0.3, 0.4) is 0 Å². The molecule has 13 heteroatoms. The number of benzene rings is 4. The maximum Gasteiger partial charge on any atom is 0.261 e. The van der Waals surface area contributed by atoms with E-state index in [0.717, 1.165) is 31.5 Å². The molecule has 4 aromatic carbocycles. The molecular weight excluding hydrogens is 763 g/mol. The molecule has 60 heavy (non-hydrogen) atoms. The largest absolute Gasteiger partial charge is 0.495 e. The molecule has 0 spiro atoms. The average Bonchev–Trinajstić information content (AvgIpc) is 3.50. The second kappa shape index (κ2) is 20.0. The van der Waals surface area contributed by atoms with Gasteiger partial charge in [0.25, 0.3) is 23.6 Å². The van der Waals surface area contributed by atoms with Crippen LogP contribution in [-0.4, -0.2) is 111 Å². The number of methoxy groups -OCH3 is 1. The molecule has 0 radical (unpaired) electrons. The van der Waals surface area contributed by atoms with E-state index in [-0.39, 0.29) is 48.1 Å². The Morgan fingerprint density at radius 2 is 1.47 bits per heavy atom. The zero-order valence-electron chi connectivity index (χ0n) is 34.9. The van der Waals surface area contributed by atoms with Crippen LogP contribution in [0.5, 0.6) is 17.2 Å². The summed E-state index contributed by atoms with van der Waals surface area (Å²) in [5.74, 6) is -0.192. The van der Waals surface area contributed by atoms with Crippen molar-refractivity contribution in [3.05, 3.63) is 125 Å². The van der Waals surface area contributed by atoms with E-state index in [1.165, 1.54) is 16.9 Å². The topological polar surface area (TPSA) is 138 Å². The van der Waals surface area contributed by atoms with Gasteiger partial charge < -0.3 is 34.2 Å². The standard InChI is InChI=1S/C47H53N5O8/c1-32-19-22-39(42(30-32)60-28-12-6-7-18-43(53)51-26-23-34(24-27-51)49(2)3)50(4)45(55)33-20-21-38(41(31-33)58-5)48-44(54)37-16-10-11-17-40(37)59-29-13-25-52-46(56)35-14-8-9-15-36(35)47(52)57/h7-11,14-22,30-31,34H,6,12-13,23-29H2,1-5H3,(H,48,54)/b18-7+. The molecule has 0 saturated carbocycles. The molecule has 1 saturated heterocycles. The van der Waals surface area contributed by atoms with Crippen molar-refractivity contribution in [3.8, 4) is 17.2 Å². The van der Waals surface area contributed by atoms with Gasteiger partial charge in [-0.3, -0.25) is 28.9 Å². The minimum atomic E-state index is -0.454. The second-order valence-corrected chi connectivity index (χ2v) is 15.1. The van der Waals surface area contributed by atoms with Crippen molar-refractivity contribution in [2.24, 2.45) is 0 Å². The smallest absolute Gasteiger partial charge is 0.261 e. The van der Waals surface area contributed by atoms with E-state index in [4.69, 9.17) is 14.2 Å². The van der Waals surface area contributed by atoms with Crippen LogP contribution in [-0.2, 0) is 4.79 Å². The second-order valence-electron chi connectivity index (χ2n) is 15.1. The molecule has 0 atom stereocenters. The summed E-state index contributed by atoms with van der Waals surface area (Å²) in [6, 6.07) is 24.5. The van der Waals surface area contributed by atoms with Gasteiger partial charge in [0, 0.05) is 38.3 Å². The van der Waals surface area contributed by atoms with Gasteiger partial charge in [0.05, 0.1) is 48.4 Å². The highest BCUT2D eigenvalue weighted by Crippen LogP contribution is 2.33. The summed E-state index contributed by atoms with van der Waals surface area (Å²) < 4.78 is 17.7. The Kier molecular flexibility index (Phi) is 14.4. The van der Waals surface area contributed by atoms with Crippen molar-refractivity contribution < 1.29 is 38.2 Å². The van der Waals surface area contributed by atoms with Crippen LogP contribution in [0.2, 0.25) is 0 Å². The van der Waals surface area contributed by atoms with Crippen molar-refractivity contribution in [3.63, 3.8) is 0 Å². The van der Waals surface area contributed by atoms with Gasteiger partial charge in [0.1, 0.15) is 17.2 Å². The minimum absolute atomic E-state index is 0.0464. The molecule has 13 nitrogen and oxygen atoms in total. The highest BCUT2D eigenvalue weighted by Gasteiger charge is 2.34. The third-order valence-electron chi connectivity index (χ3n) is 10.8. The number of rotatable bonds is 17. The van der Waals surface area contributed by atoms with Gasteiger partial charge >= 0.3 is 0 Å². The number of allylic oxidation sites excluding steroid dienone is 1. The molecule has 0 aliphatic carbocycles. The van der Waals surface area contributed by atoms with Crippen LogP contribution < -0.4 is 24.4 Å². The number of likely N-dealkylation sites (tertiary alicyclic amines) is 1. The number of nitrogens with one attached hydrogen (secondary N) is 1. The number of amides is 5. The number of anilines is 2. The van der Waals surface area contributed by atoms with Gasteiger partial charge in [-0.2, -0.15) is 0 Å². The van der Waals surface area contributed by atoms with Crippen molar-refractivity contribution >= 4 is 40.9 Å². The first-order chi connectivity index (χ1) is 29.0. The van der Waals surface area contributed by atoms with E-state index in [2.05, 4.69) is 24.3 Å². The molecule has 0 unspecified atom stereocenters. The first-order valence-electron chi connectivity index (χ1n) is 20.3. The summed E-state index contributed by atoms with van der Waals surface area (Å²) in [4.78, 5) is 72.3. The Labute approximate surface area is 351 Å². The Hall–Kier alpha value is -6.47. The van der Waals surface area contributed by atoms with Gasteiger partial charge in [0.15, 0.2) is 0 Å². The molecule has 4 aromatic rings. The summed E-state index contributed by atoms with van der Waals surface area (Å²) in [6.07, 6.45) is 7.26. The molecule has 1 fully saturated rings. The number of piperidine rings is 1. The number of ether oxygens (including phenoxy) is 3. The van der Waals surface area contributed by atoms with Gasteiger partial charge in [-0.25, -0.2) is 0 Å². The van der Waals surface area contributed by atoms with Crippen LogP contribution in [0, 0.1) is 6.92 Å². The number of nitrogens with zero attached hydrogens (tertiary/aromatic N) is 4. The Morgan fingerprint density at radius 1 is 0.800 bits per heavy atom. The first kappa shape index (κ1) is 43.1. The molecule has 314 valence electrons. The van der Waals surface area contributed by atoms with E-state index in [0.29, 0.717) is 71.5 Å². The molecule has 1 N–H and O–H groups in total. The van der Waals surface area contributed by atoms with Crippen molar-refractivity contribution in [2.75, 3.05) is 71.3 Å². The predicted octanol–water partition coefficient (Wildman–Crippen LogP) is 6.87. The van der Waals surface area contributed by atoms with E-state index >= 15 is 0 Å². The number of hydrogen-bond acceptors (Lipinski definition) is 9. The predicted molar refractivity (Wildman–Crippen MR) is 230 cm³/mol. The summed E-state index contributed by atoms with van der Waals surface area (Å²) in [5, 5.41) is 2.87. The van der Waals surface area contributed by atoms with Crippen molar-refractivity contribution in [2.45, 2.75) is 45.1 Å². The number of fused-ring (bicyclic) bond motifs is 1. The Bertz CT molecular complexity index is 2210. The SMILES string of the molecule is COc1cc(C(=O)N(C)c2ccc(C)cc2OCCC/C=C/C(=O)N2CCC(N(C)C)CC2)ccc1NC(=O)c1ccccc1OCCCN1C(=O)c2ccccc2C1=O. The lowest BCUT2D eigenvalue weighted by molar-refractivity contribution is -0.127. The summed E-state index contributed by atoms with van der Waals surface area (Å²) in [5.41, 5.74) is 3.32. The summed E-state index contributed by atoms with van der Waals surface area (Å²) in [6.45, 7) is 4.23. The highest BCUT2D eigenvalue weighted by atomic mass is 16.5. The zero-order valence-corrected chi connectivity index (χ0v) is 34.9. The molecule has 2 aliphatic heterocycles. The van der Waals surface area contributed by atoms with Gasteiger partial charge in [0.2, 0.25) is 5.91 Å². The van der Waals surface area contributed by atoms with Crippen molar-refractivity contribution in [1.82, 2.24) is 14.7 Å². The molecule has 5 amide bonds. The van der Waals surface area contributed by atoms with E-state index < -0.39 is 5.91 Å². The molecule has 6 rings (SSSR count). The van der Waals surface area contributed by atoms with Crippen LogP contribution in [0.4, 0.5) is 11.4 Å². The number of para-hydroxylation sites is 1. The first-order valence-corrected chi connectivity index (χ1v) is 20.3. The zero-order chi connectivity index (χ0) is 42.8. The highest BCUT2D eigenvalue weighted by molar-refractivity contribution is 6.21. The fraction of sp³-hybridized carbons (Fsp3) is 0.340. The Morgan fingerprint density at radius 3 is 2.17 bits per heavy atom. The fourth-order valence-electron chi connectivity index (χ4n) is 7.34. The van der Waals surface area contributed by atoms with E-state index in [9.17, 15) is 24.0 Å². The lowest BCUT2D eigenvalue weighted by atomic mass is 10.0. The average molecular weight is 816 g/mol. The van der Waals surface area contributed by atoms with Crippen LogP contribution in [0.1, 0.15) is 79.1 Å². The van der Waals surface area contributed by atoms with Crippen LogP contribution >= 0.6 is 0 Å². The fourth-order valence-corrected chi connectivity index (χ4v) is 7.34. The van der Waals surface area contributed by atoms with Gasteiger partial charge in [-0.15, -0.1) is 0 Å². The quantitative estimate of drug-likeness (QED) is 0.0688. The lowest BCUT2D eigenvalue weighted by Gasteiger charge is -2.34. The van der Waals surface area contributed by atoms with Crippen LogP contribution in [0.15, 0.2) is 97.1 Å². The molecule has 2 heterocycles. The summed E-state index contributed by atoms with van der Waals surface area (Å²) >= 11 is 0. The third kappa shape index (κ3) is 10.2. The van der Waals surface area contributed by atoms with E-state index in [1.807, 2.05) is 36.1 Å². The minimum Gasteiger partial charge on any atom is -0.495 e. The number of carbonyl (C=O) groups is 5. The van der Waals surface area contributed by atoms with E-state index in [1.54, 1.807) is 79.9 Å². The maximum absolute atomic E-state index is 13.8. The summed E-state index contributed by atoms with van der Waals surface area (Å²) in [7, 11) is 7.30. The monoisotopic (exact) mass is 815 g/mol. The number of aryl methyl sites for hydroxylation is 1. The molecule has 2 aliphatic rings.